The average molecular weight is 337 g/mol. The van der Waals surface area contributed by atoms with Gasteiger partial charge in [0.05, 0.1) is 18.3 Å². The molecule has 1 saturated heterocycles. The summed E-state index contributed by atoms with van der Waals surface area (Å²) < 4.78 is 3.47. The molecule has 3 aromatic rings. The van der Waals surface area contributed by atoms with Gasteiger partial charge in [-0.2, -0.15) is 5.10 Å². The predicted octanol–water partition coefficient (Wildman–Crippen LogP) is 1.55. The van der Waals surface area contributed by atoms with Gasteiger partial charge in [0.25, 0.3) is 5.91 Å². The number of benzene rings is 1. The number of carbonyl (C=O) groups is 1. The highest BCUT2D eigenvalue weighted by atomic mass is 16.2. The maximum Gasteiger partial charge on any atom is 0.254 e. The minimum Gasteiger partial charge on any atom is -0.334 e. The zero-order valence-electron chi connectivity index (χ0n) is 13.8. The number of carbonyl (C=O) groups excluding carboxylic acids is 1. The fraction of sp³-hybridized carbons (Fsp3) is 0.353. The van der Waals surface area contributed by atoms with Crippen LogP contribution in [0.5, 0.6) is 0 Å². The minimum absolute atomic E-state index is 0.0696. The molecule has 1 amide bonds. The van der Waals surface area contributed by atoms with E-state index in [9.17, 15) is 4.79 Å². The second kappa shape index (κ2) is 6.84. The quantitative estimate of drug-likeness (QED) is 0.721. The summed E-state index contributed by atoms with van der Waals surface area (Å²) in [6.45, 7) is 1.53. The molecular formula is C17H19N7O. The molecule has 1 aromatic carbocycles. The largest absolute Gasteiger partial charge is 0.334 e. The van der Waals surface area contributed by atoms with Crippen LogP contribution in [0.1, 0.15) is 29.6 Å². The van der Waals surface area contributed by atoms with Crippen molar-refractivity contribution in [3.63, 3.8) is 0 Å². The molecule has 0 spiro atoms. The Kier molecular flexibility index (Phi) is 4.24. The molecule has 1 fully saturated rings. The van der Waals surface area contributed by atoms with Crippen LogP contribution in [0.3, 0.4) is 0 Å². The van der Waals surface area contributed by atoms with Gasteiger partial charge in [-0.3, -0.25) is 9.48 Å². The highest BCUT2D eigenvalue weighted by Crippen LogP contribution is 2.21. The Balaban J connectivity index is 1.51. The van der Waals surface area contributed by atoms with Crippen molar-refractivity contribution in [1.82, 2.24) is 34.9 Å². The first-order valence-electron chi connectivity index (χ1n) is 8.43. The van der Waals surface area contributed by atoms with E-state index in [0.29, 0.717) is 5.56 Å². The van der Waals surface area contributed by atoms with E-state index in [1.807, 2.05) is 46.1 Å². The number of piperidine rings is 1. The van der Waals surface area contributed by atoms with E-state index in [1.165, 1.54) is 6.33 Å². The van der Waals surface area contributed by atoms with Crippen molar-refractivity contribution in [2.75, 3.05) is 6.54 Å². The van der Waals surface area contributed by atoms with Gasteiger partial charge in [-0.1, -0.05) is 0 Å². The Bertz CT molecular complexity index is 811. The molecule has 1 aliphatic heterocycles. The summed E-state index contributed by atoms with van der Waals surface area (Å²) in [6.07, 6.45) is 8.44. The summed E-state index contributed by atoms with van der Waals surface area (Å²) in [5.74, 6) is 0.0696. The van der Waals surface area contributed by atoms with E-state index < -0.39 is 0 Å². The van der Waals surface area contributed by atoms with Crippen LogP contribution in [0, 0.1) is 0 Å². The van der Waals surface area contributed by atoms with E-state index in [-0.39, 0.29) is 11.9 Å². The van der Waals surface area contributed by atoms with Gasteiger partial charge in [0.15, 0.2) is 0 Å². The molecule has 128 valence electrons. The predicted molar refractivity (Wildman–Crippen MR) is 90.1 cm³/mol. The number of nitrogens with zero attached hydrogens (tertiary/aromatic N) is 7. The van der Waals surface area contributed by atoms with Crippen molar-refractivity contribution in [2.24, 2.45) is 0 Å². The van der Waals surface area contributed by atoms with Crippen molar-refractivity contribution < 1.29 is 4.79 Å². The topological polar surface area (TPSA) is 81.7 Å². The molecule has 0 saturated carbocycles. The lowest BCUT2D eigenvalue weighted by Crippen LogP contribution is -2.45. The van der Waals surface area contributed by atoms with Crippen LogP contribution in [0.15, 0.2) is 49.1 Å². The molecule has 0 radical (unpaired) electrons. The van der Waals surface area contributed by atoms with Crippen LogP contribution in [0.4, 0.5) is 0 Å². The number of hydrogen-bond acceptors (Lipinski definition) is 5. The fourth-order valence-electron chi connectivity index (χ4n) is 3.28. The highest BCUT2D eigenvalue weighted by molar-refractivity contribution is 5.94. The summed E-state index contributed by atoms with van der Waals surface area (Å²) in [6, 6.07) is 9.47. The van der Waals surface area contributed by atoms with Crippen LogP contribution in [-0.2, 0) is 6.54 Å². The summed E-state index contributed by atoms with van der Waals surface area (Å²) in [5, 5.41) is 15.4. The number of tetrazole rings is 1. The maximum absolute atomic E-state index is 13.0. The summed E-state index contributed by atoms with van der Waals surface area (Å²) >= 11 is 0. The Morgan fingerprint density at radius 3 is 2.80 bits per heavy atom. The second-order valence-electron chi connectivity index (χ2n) is 6.18. The molecule has 8 heteroatoms. The molecule has 3 heterocycles. The third-order valence-electron chi connectivity index (χ3n) is 4.57. The summed E-state index contributed by atoms with van der Waals surface area (Å²) in [5.41, 5.74) is 1.51. The molecule has 4 rings (SSSR count). The molecule has 1 atom stereocenters. The minimum atomic E-state index is 0.0696. The van der Waals surface area contributed by atoms with Crippen molar-refractivity contribution >= 4 is 5.91 Å². The first-order valence-corrected chi connectivity index (χ1v) is 8.43. The molecule has 0 N–H and O–H groups in total. The van der Waals surface area contributed by atoms with E-state index in [4.69, 9.17) is 0 Å². The Morgan fingerprint density at radius 1 is 1.20 bits per heavy atom. The van der Waals surface area contributed by atoms with Gasteiger partial charge in [-0.25, -0.2) is 4.68 Å². The SMILES string of the molecule is O=C(c1ccc(-n2cnnn2)cc1)N1CCCC[C@@H]1Cn1cccn1. The Labute approximate surface area is 145 Å². The first kappa shape index (κ1) is 15.5. The molecule has 0 unspecified atom stereocenters. The van der Waals surface area contributed by atoms with Crippen LogP contribution >= 0.6 is 0 Å². The van der Waals surface area contributed by atoms with Crippen molar-refractivity contribution in [2.45, 2.75) is 31.8 Å². The van der Waals surface area contributed by atoms with Crippen LogP contribution in [0.2, 0.25) is 0 Å². The zero-order valence-corrected chi connectivity index (χ0v) is 13.8. The maximum atomic E-state index is 13.0. The van der Waals surface area contributed by atoms with Gasteiger partial charge in [0.2, 0.25) is 0 Å². The van der Waals surface area contributed by atoms with Gasteiger partial charge in [-0.15, -0.1) is 5.10 Å². The first-order chi connectivity index (χ1) is 12.3. The normalized spacial score (nSPS) is 17.6. The standard InChI is InChI=1S/C17H19N7O/c25-17(14-5-7-15(8-6-14)24-13-18-20-21-24)23-11-2-1-4-16(23)12-22-10-3-9-19-22/h3,5-10,13,16H,1-2,4,11-12H2/t16-/m1/s1. The number of aromatic nitrogens is 6. The third kappa shape index (κ3) is 3.28. The third-order valence-corrected chi connectivity index (χ3v) is 4.57. The molecule has 0 bridgehead atoms. The van der Waals surface area contributed by atoms with Gasteiger partial charge >= 0.3 is 0 Å². The van der Waals surface area contributed by atoms with Crippen LogP contribution in [0.25, 0.3) is 5.69 Å². The smallest absolute Gasteiger partial charge is 0.254 e. The second-order valence-corrected chi connectivity index (χ2v) is 6.18. The average Bonchev–Trinajstić information content (AvgIpc) is 3.36. The van der Waals surface area contributed by atoms with E-state index in [0.717, 1.165) is 38.0 Å². The monoisotopic (exact) mass is 337 g/mol. The van der Waals surface area contributed by atoms with Gasteiger partial charge in [0.1, 0.15) is 6.33 Å². The van der Waals surface area contributed by atoms with Gasteiger partial charge < -0.3 is 4.90 Å². The van der Waals surface area contributed by atoms with Crippen LogP contribution < -0.4 is 0 Å². The Hall–Kier alpha value is -3.03. The zero-order chi connectivity index (χ0) is 17.1. The number of rotatable bonds is 4. The van der Waals surface area contributed by atoms with Gasteiger partial charge in [0, 0.05) is 24.5 Å². The van der Waals surface area contributed by atoms with Crippen molar-refractivity contribution in [3.8, 4) is 5.69 Å². The molecule has 1 aliphatic rings. The van der Waals surface area contributed by atoms with E-state index >= 15 is 0 Å². The highest BCUT2D eigenvalue weighted by Gasteiger charge is 2.27. The Morgan fingerprint density at radius 2 is 2.08 bits per heavy atom. The number of likely N-dealkylation sites (tertiary alicyclic amines) is 1. The summed E-state index contributed by atoms with van der Waals surface area (Å²) in [7, 11) is 0. The fourth-order valence-corrected chi connectivity index (χ4v) is 3.28. The van der Waals surface area contributed by atoms with E-state index in [1.54, 1.807) is 10.9 Å². The summed E-state index contributed by atoms with van der Waals surface area (Å²) in [4.78, 5) is 15.0. The number of hydrogen-bond donors (Lipinski definition) is 0. The lowest BCUT2D eigenvalue weighted by Gasteiger charge is -2.35. The number of amides is 1. The van der Waals surface area contributed by atoms with Crippen molar-refractivity contribution in [1.29, 1.82) is 0 Å². The molecular weight excluding hydrogens is 318 g/mol. The lowest BCUT2D eigenvalue weighted by atomic mass is 10.0. The molecule has 8 nitrogen and oxygen atoms in total. The molecule has 2 aromatic heterocycles. The van der Waals surface area contributed by atoms with E-state index in [2.05, 4.69) is 20.6 Å². The molecule has 0 aliphatic carbocycles. The molecule has 25 heavy (non-hydrogen) atoms. The lowest BCUT2D eigenvalue weighted by molar-refractivity contribution is 0.0584. The van der Waals surface area contributed by atoms with Crippen molar-refractivity contribution in [3.05, 3.63) is 54.6 Å². The van der Waals surface area contributed by atoms with Crippen LogP contribution in [-0.4, -0.2) is 53.4 Å². The van der Waals surface area contributed by atoms with Gasteiger partial charge in [-0.05, 0) is 60.0 Å².